The van der Waals surface area contributed by atoms with E-state index in [1.54, 1.807) is 0 Å². The van der Waals surface area contributed by atoms with Crippen LogP contribution >= 0.6 is 0 Å². The van der Waals surface area contributed by atoms with Crippen LogP contribution in [-0.2, 0) is 14.8 Å². The quantitative estimate of drug-likeness (QED) is 0.823. The Hall–Kier alpha value is -0.460. The Kier molecular flexibility index (Phi) is 5.57. The Labute approximate surface area is 122 Å². The van der Waals surface area contributed by atoms with Crippen LogP contribution in [0.2, 0.25) is 0 Å². The van der Waals surface area contributed by atoms with E-state index >= 15 is 0 Å². The first-order chi connectivity index (χ1) is 9.45. The number of ketones is 1. The highest BCUT2D eigenvalue weighted by Crippen LogP contribution is 2.24. The van der Waals surface area contributed by atoms with Crippen molar-refractivity contribution in [2.24, 2.45) is 11.8 Å². The van der Waals surface area contributed by atoms with Crippen LogP contribution in [0.4, 0.5) is 0 Å². The molecule has 0 aromatic heterocycles. The van der Waals surface area contributed by atoms with E-state index < -0.39 is 10.0 Å². The molecule has 116 valence electrons. The Bertz CT molecular complexity index is 430. The smallest absolute Gasteiger partial charge is 0.211 e. The fourth-order valence-electron chi connectivity index (χ4n) is 3.32. The van der Waals surface area contributed by atoms with Crippen LogP contribution in [0.1, 0.15) is 38.5 Å². The normalized spacial score (nSPS) is 29.2. The van der Waals surface area contributed by atoms with Crippen molar-refractivity contribution >= 4 is 15.8 Å². The van der Waals surface area contributed by atoms with Crippen molar-refractivity contribution in [1.29, 1.82) is 0 Å². The second kappa shape index (κ2) is 7.00. The summed E-state index contributed by atoms with van der Waals surface area (Å²) >= 11 is 0. The molecule has 0 amide bonds. The molecule has 0 saturated carbocycles. The van der Waals surface area contributed by atoms with Crippen LogP contribution in [0.3, 0.4) is 0 Å². The monoisotopic (exact) mass is 302 g/mol. The van der Waals surface area contributed by atoms with E-state index in [2.05, 4.69) is 5.32 Å². The first kappa shape index (κ1) is 15.9. The summed E-state index contributed by atoms with van der Waals surface area (Å²) in [5.74, 6) is 0.993. The maximum atomic E-state index is 12.1. The van der Waals surface area contributed by atoms with Crippen LogP contribution in [0.5, 0.6) is 0 Å². The van der Waals surface area contributed by atoms with Gasteiger partial charge in [-0.25, -0.2) is 12.7 Å². The van der Waals surface area contributed by atoms with E-state index in [-0.39, 0.29) is 5.92 Å². The summed E-state index contributed by atoms with van der Waals surface area (Å²) in [5, 5.41) is 3.33. The number of carbonyl (C=O) groups is 1. The largest absolute Gasteiger partial charge is 0.316 e. The molecule has 20 heavy (non-hydrogen) atoms. The highest BCUT2D eigenvalue weighted by atomic mass is 32.2. The van der Waals surface area contributed by atoms with E-state index in [9.17, 15) is 13.2 Å². The molecule has 2 saturated heterocycles. The number of nitrogens with one attached hydrogen (secondary N) is 1. The first-order valence-electron chi connectivity index (χ1n) is 7.62. The summed E-state index contributed by atoms with van der Waals surface area (Å²) < 4.78 is 24.7. The van der Waals surface area contributed by atoms with Gasteiger partial charge in [0, 0.05) is 25.9 Å². The third-order valence-corrected chi connectivity index (χ3v) is 5.65. The minimum Gasteiger partial charge on any atom is -0.316 e. The van der Waals surface area contributed by atoms with Crippen molar-refractivity contribution in [2.45, 2.75) is 38.5 Å². The molecular weight excluding hydrogens is 276 g/mol. The summed E-state index contributed by atoms with van der Waals surface area (Å²) in [7, 11) is -3.11. The van der Waals surface area contributed by atoms with Gasteiger partial charge in [-0.1, -0.05) is 0 Å². The van der Waals surface area contributed by atoms with E-state index in [4.69, 9.17) is 0 Å². The lowest BCUT2D eigenvalue weighted by molar-refractivity contribution is -0.121. The summed E-state index contributed by atoms with van der Waals surface area (Å²) in [6.45, 7) is 3.14. The topological polar surface area (TPSA) is 66.5 Å². The van der Waals surface area contributed by atoms with Gasteiger partial charge < -0.3 is 5.32 Å². The summed E-state index contributed by atoms with van der Waals surface area (Å²) in [4.78, 5) is 12.1. The minimum absolute atomic E-state index is 0.211. The van der Waals surface area contributed by atoms with Gasteiger partial charge in [0.2, 0.25) is 10.0 Å². The maximum Gasteiger partial charge on any atom is 0.211 e. The van der Waals surface area contributed by atoms with Crippen molar-refractivity contribution < 1.29 is 13.2 Å². The van der Waals surface area contributed by atoms with Crippen LogP contribution < -0.4 is 5.32 Å². The number of piperidine rings is 2. The molecule has 2 aliphatic rings. The fraction of sp³-hybridized carbons (Fsp3) is 0.929. The standard InChI is InChI=1S/C14H26N2O3S/c1-20(18,19)16-7-3-5-13(11-16)9-14(17)8-12-4-2-6-15-10-12/h12-13,15H,2-11H2,1H3. The van der Waals surface area contributed by atoms with Gasteiger partial charge in [0.25, 0.3) is 0 Å². The summed E-state index contributed by atoms with van der Waals surface area (Å²) in [5.41, 5.74) is 0. The Morgan fingerprint density at radius 2 is 1.90 bits per heavy atom. The predicted molar refractivity (Wildman–Crippen MR) is 79.0 cm³/mol. The number of carbonyl (C=O) groups excluding carboxylic acids is 1. The molecule has 1 N–H and O–H groups in total. The number of sulfonamides is 1. The van der Waals surface area contributed by atoms with Gasteiger partial charge in [-0.15, -0.1) is 0 Å². The number of hydrogen-bond donors (Lipinski definition) is 1. The molecule has 0 radical (unpaired) electrons. The molecule has 2 heterocycles. The zero-order chi connectivity index (χ0) is 14.6. The molecule has 0 aromatic carbocycles. The van der Waals surface area contributed by atoms with Gasteiger partial charge in [-0.2, -0.15) is 0 Å². The van der Waals surface area contributed by atoms with Crippen molar-refractivity contribution in [3.63, 3.8) is 0 Å². The fourth-order valence-corrected chi connectivity index (χ4v) is 4.26. The Balaban J connectivity index is 1.78. The van der Waals surface area contributed by atoms with Crippen molar-refractivity contribution in [3.8, 4) is 0 Å². The number of rotatable bonds is 5. The molecule has 6 heteroatoms. The lowest BCUT2D eigenvalue weighted by Gasteiger charge is -2.31. The van der Waals surface area contributed by atoms with Crippen molar-refractivity contribution in [1.82, 2.24) is 9.62 Å². The van der Waals surface area contributed by atoms with Gasteiger partial charge >= 0.3 is 0 Å². The molecular formula is C14H26N2O3S. The lowest BCUT2D eigenvalue weighted by atomic mass is 9.88. The van der Waals surface area contributed by atoms with Gasteiger partial charge in [0.1, 0.15) is 5.78 Å². The molecule has 0 aromatic rings. The maximum absolute atomic E-state index is 12.1. The van der Waals surface area contributed by atoms with E-state index in [1.165, 1.54) is 10.6 Å². The average molecular weight is 302 g/mol. The average Bonchev–Trinajstić information content (AvgIpc) is 2.39. The Morgan fingerprint density at radius 3 is 2.55 bits per heavy atom. The van der Waals surface area contributed by atoms with E-state index in [0.717, 1.165) is 38.8 Å². The molecule has 2 atom stereocenters. The second-order valence-electron chi connectivity index (χ2n) is 6.29. The van der Waals surface area contributed by atoms with E-state index in [1.807, 2.05) is 0 Å². The molecule has 0 spiro atoms. The van der Waals surface area contributed by atoms with Gasteiger partial charge in [0.15, 0.2) is 0 Å². The van der Waals surface area contributed by atoms with Gasteiger partial charge in [0.05, 0.1) is 6.26 Å². The van der Waals surface area contributed by atoms with Crippen LogP contribution in [0.15, 0.2) is 0 Å². The molecule has 2 fully saturated rings. The highest BCUT2D eigenvalue weighted by Gasteiger charge is 2.28. The Morgan fingerprint density at radius 1 is 1.20 bits per heavy atom. The summed E-state index contributed by atoms with van der Waals surface area (Å²) in [6, 6.07) is 0. The van der Waals surface area contributed by atoms with Gasteiger partial charge in [-0.05, 0) is 50.6 Å². The van der Waals surface area contributed by atoms with Crippen LogP contribution in [0, 0.1) is 11.8 Å². The molecule has 0 aliphatic carbocycles. The lowest BCUT2D eigenvalue weighted by Crippen LogP contribution is -2.40. The number of hydrogen-bond acceptors (Lipinski definition) is 4. The van der Waals surface area contributed by atoms with Crippen LogP contribution in [0.25, 0.3) is 0 Å². The highest BCUT2D eigenvalue weighted by molar-refractivity contribution is 7.88. The van der Waals surface area contributed by atoms with E-state index in [0.29, 0.717) is 37.6 Å². The predicted octanol–water partition coefficient (Wildman–Crippen LogP) is 1.01. The zero-order valence-corrected chi connectivity index (χ0v) is 13.1. The van der Waals surface area contributed by atoms with Crippen LogP contribution in [-0.4, -0.2) is 50.9 Å². The van der Waals surface area contributed by atoms with Crippen molar-refractivity contribution in [2.75, 3.05) is 32.4 Å². The zero-order valence-electron chi connectivity index (χ0n) is 12.3. The molecule has 5 nitrogen and oxygen atoms in total. The number of Topliss-reactive ketones (excluding diaryl/α,β-unsaturated/α-hetero) is 1. The molecule has 2 aliphatic heterocycles. The minimum atomic E-state index is -3.11. The summed E-state index contributed by atoms with van der Waals surface area (Å²) in [6.07, 6.45) is 6.59. The second-order valence-corrected chi connectivity index (χ2v) is 8.27. The third-order valence-electron chi connectivity index (χ3n) is 4.38. The SMILES string of the molecule is CS(=O)(=O)N1CCCC(CC(=O)CC2CCCNC2)C1. The molecule has 2 rings (SSSR count). The van der Waals surface area contributed by atoms with Gasteiger partial charge in [-0.3, -0.25) is 4.79 Å². The first-order valence-corrected chi connectivity index (χ1v) is 9.47. The third kappa shape index (κ3) is 4.82. The molecule has 2 unspecified atom stereocenters. The number of nitrogens with zero attached hydrogens (tertiary/aromatic N) is 1. The van der Waals surface area contributed by atoms with Crippen molar-refractivity contribution in [3.05, 3.63) is 0 Å². The molecule has 0 bridgehead atoms.